The number of benzene rings is 1. The van der Waals surface area contributed by atoms with Crippen LogP contribution in [0.4, 0.5) is 11.4 Å². The summed E-state index contributed by atoms with van der Waals surface area (Å²) in [6.45, 7) is 3.78. The highest BCUT2D eigenvalue weighted by Gasteiger charge is 2.18. The molecule has 19 heavy (non-hydrogen) atoms. The Balaban J connectivity index is 2.96. The third kappa shape index (κ3) is 4.57. The van der Waals surface area contributed by atoms with Gasteiger partial charge >= 0.3 is 5.97 Å². The number of nitro groups is 1. The molecule has 1 aromatic carbocycles. The van der Waals surface area contributed by atoms with Gasteiger partial charge in [-0.2, -0.15) is 0 Å². The van der Waals surface area contributed by atoms with Gasteiger partial charge in [0.15, 0.2) is 0 Å². The molecule has 0 aliphatic heterocycles. The molecule has 1 rings (SSSR count). The molecule has 0 spiro atoms. The largest absolute Gasteiger partial charge is 0.481 e. The summed E-state index contributed by atoms with van der Waals surface area (Å²) >= 11 is 0. The molecule has 104 valence electrons. The number of carboxylic acid groups (broad SMARTS) is 1. The van der Waals surface area contributed by atoms with E-state index in [1.54, 1.807) is 12.1 Å². The van der Waals surface area contributed by atoms with Gasteiger partial charge in [0, 0.05) is 12.1 Å². The summed E-state index contributed by atoms with van der Waals surface area (Å²) in [4.78, 5) is 21.3. The Morgan fingerprint density at radius 2 is 2.21 bits per heavy atom. The highest BCUT2D eigenvalue weighted by molar-refractivity contribution is 5.69. The third-order valence-electron chi connectivity index (χ3n) is 2.77. The van der Waals surface area contributed by atoms with E-state index in [0.29, 0.717) is 12.1 Å². The molecule has 0 bridgehead atoms. The van der Waals surface area contributed by atoms with Gasteiger partial charge in [-0.25, -0.2) is 0 Å². The lowest BCUT2D eigenvalue weighted by Crippen LogP contribution is -2.23. The number of carboxylic acids is 1. The molecule has 2 N–H and O–H groups in total. The van der Waals surface area contributed by atoms with Gasteiger partial charge in [-0.3, -0.25) is 14.9 Å². The summed E-state index contributed by atoms with van der Waals surface area (Å²) in [5.41, 5.74) is 1.24. The van der Waals surface area contributed by atoms with Crippen molar-refractivity contribution in [3.8, 4) is 0 Å². The normalized spacial score (nSPS) is 11.9. The van der Waals surface area contributed by atoms with E-state index < -0.39 is 10.9 Å². The molecule has 6 heteroatoms. The van der Waals surface area contributed by atoms with Gasteiger partial charge in [0.05, 0.1) is 11.3 Å². The Hall–Kier alpha value is -2.11. The van der Waals surface area contributed by atoms with E-state index in [4.69, 9.17) is 5.11 Å². The number of nitrogens with zero attached hydrogens (tertiary/aromatic N) is 1. The van der Waals surface area contributed by atoms with Crippen LogP contribution in [-0.2, 0) is 4.79 Å². The van der Waals surface area contributed by atoms with E-state index in [9.17, 15) is 14.9 Å². The summed E-state index contributed by atoms with van der Waals surface area (Å²) in [7, 11) is 0. The fourth-order valence-corrected chi connectivity index (χ4v) is 1.93. The van der Waals surface area contributed by atoms with Gasteiger partial charge in [0.2, 0.25) is 0 Å². The van der Waals surface area contributed by atoms with Crippen LogP contribution in [0, 0.1) is 17.0 Å². The van der Waals surface area contributed by atoms with Crippen LogP contribution in [0.25, 0.3) is 0 Å². The van der Waals surface area contributed by atoms with Gasteiger partial charge in [-0.05, 0) is 25.0 Å². The standard InChI is InChI=1S/C13H18N2O4/c1-3-4-10(8-13(16)17)14-11-7-9(2)5-6-12(11)15(18)19/h5-7,10,14H,3-4,8H2,1-2H3,(H,16,17). The Labute approximate surface area is 111 Å². The van der Waals surface area contributed by atoms with Crippen molar-refractivity contribution in [3.63, 3.8) is 0 Å². The molecule has 0 aromatic heterocycles. The Bertz CT molecular complexity index is 474. The van der Waals surface area contributed by atoms with Crippen molar-refractivity contribution < 1.29 is 14.8 Å². The molecule has 0 heterocycles. The number of anilines is 1. The number of carbonyl (C=O) groups is 1. The molecule has 1 aromatic rings. The lowest BCUT2D eigenvalue weighted by molar-refractivity contribution is -0.384. The summed E-state index contributed by atoms with van der Waals surface area (Å²) in [5, 5.41) is 22.8. The van der Waals surface area contributed by atoms with Gasteiger partial charge in [-0.1, -0.05) is 19.4 Å². The number of hydrogen-bond donors (Lipinski definition) is 2. The molecule has 1 atom stereocenters. The average Bonchev–Trinajstić information content (AvgIpc) is 2.27. The van der Waals surface area contributed by atoms with Gasteiger partial charge < -0.3 is 10.4 Å². The molecule has 6 nitrogen and oxygen atoms in total. The number of nitrogens with one attached hydrogen (secondary N) is 1. The molecule has 0 saturated heterocycles. The van der Waals surface area contributed by atoms with Crippen molar-refractivity contribution in [2.45, 2.75) is 39.2 Å². The second-order valence-electron chi connectivity index (χ2n) is 4.51. The molecule has 1 unspecified atom stereocenters. The van der Waals surface area contributed by atoms with Crippen LogP contribution in [0.2, 0.25) is 0 Å². The number of aliphatic carboxylic acids is 1. The topological polar surface area (TPSA) is 92.5 Å². The summed E-state index contributed by atoms with van der Waals surface area (Å²) in [5.74, 6) is -0.916. The zero-order chi connectivity index (χ0) is 14.4. The van der Waals surface area contributed by atoms with E-state index >= 15 is 0 Å². The van der Waals surface area contributed by atoms with Crippen molar-refractivity contribution in [1.82, 2.24) is 0 Å². The second kappa shape index (κ2) is 6.72. The van der Waals surface area contributed by atoms with E-state index in [0.717, 1.165) is 12.0 Å². The Morgan fingerprint density at radius 3 is 2.74 bits per heavy atom. The molecule has 0 saturated carbocycles. The van der Waals surface area contributed by atoms with Gasteiger partial charge in [0.25, 0.3) is 5.69 Å². The first-order valence-corrected chi connectivity index (χ1v) is 6.17. The van der Waals surface area contributed by atoms with E-state index in [1.165, 1.54) is 6.07 Å². The van der Waals surface area contributed by atoms with Gasteiger partial charge in [0.1, 0.15) is 5.69 Å². The zero-order valence-corrected chi connectivity index (χ0v) is 11.0. The van der Waals surface area contributed by atoms with Crippen LogP contribution >= 0.6 is 0 Å². The lowest BCUT2D eigenvalue weighted by Gasteiger charge is -2.17. The molecular weight excluding hydrogens is 248 g/mol. The first kappa shape index (κ1) is 14.9. The number of nitro benzene ring substituents is 1. The minimum atomic E-state index is -0.916. The zero-order valence-electron chi connectivity index (χ0n) is 11.0. The van der Waals surface area contributed by atoms with E-state index in [2.05, 4.69) is 5.32 Å². The van der Waals surface area contributed by atoms with Crippen LogP contribution in [0.15, 0.2) is 18.2 Å². The van der Waals surface area contributed by atoms with Gasteiger partial charge in [-0.15, -0.1) is 0 Å². The quantitative estimate of drug-likeness (QED) is 0.584. The van der Waals surface area contributed by atoms with Crippen molar-refractivity contribution >= 4 is 17.3 Å². The Morgan fingerprint density at radius 1 is 1.53 bits per heavy atom. The second-order valence-corrected chi connectivity index (χ2v) is 4.51. The molecule has 0 aliphatic carbocycles. The fourth-order valence-electron chi connectivity index (χ4n) is 1.93. The monoisotopic (exact) mass is 266 g/mol. The number of rotatable bonds is 7. The highest BCUT2D eigenvalue weighted by Crippen LogP contribution is 2.27. The smallest absolute Gasteiger partial charge is 0.305 e. The molecule has 0 radical (unpaired) electrons. The summed E-state index contributed by atoms with van der Waals surface area (Å²) in [6, 6.07) is 4.46. The molecule has 0 aliphatic rings. The van der Waals surface area contributed by atoms with Crippen LogP contribution in [0.3, 0.4) is 0 Å². The molecular formula is C13H18N2O4. The van der Waals surface area contributed by atoms with Crippen LogP contribution < -0.4 is 5.32 Å². The van der Waals surface area contributed by atoms with Crippen molar-refractivity contribution in [2.24, 2.45) is 0 Å². The maximum atomic E-state index is 10.9. The van der Waals surface area contributed by atoms with Crippen molar-refractivity contribution in [2.75, 3.05) is 5.32 Å². The fraction of sp³-hybridized carbons (Fsp3) is 0.462. The first-order chi connectivity index (χ1) is 8.93. The predicted molar refractivity (Wildman–Crippen MR) is 72.4 cm³/mol. The average molecular weight is 266 g/mol. The Kier molecular flexibility index (Phi) is 5.29. The lowest BCUT2D eigenvalue weighted by atomic mass is 10.1. The van der Waals surface area contributed by atoms with Crippen LogP contribution in [0.5, 0.6) is 0 Å². The van der Waals surface area contributed by atoms with E-state index in [-0.39, 0.29) is 18.2 Å². The summed E-state index contributed by atoms with van der Waals surface area (Å²) in [6.07, 6.45) is 1.40. The van der Waals surface area contributed by atoms with Crippen LogP contribution in [-0.4, -0.2) is 22.0 Å². The van der Waals surface area contributed by atoms with Crippen molar-refractivity contribution in [3.05, 3.63) is 33.9 Å². The third-order valence-corrected chi connectivity index (χ3v) is 2.77. The SMILES string of the molecule is CCCC(CC(=O)O)Nc1cc(C)ccc1[N+](=O)[O-]. The molecule has 0 amide bonds. The summed E-state index contributed by atoms with van der Waals surface area (Å²) < 4.78 is 0. The van der Waals surface area contributed by atoms with Crippen LogP contribution in [0.1, 0.15) is 31.7 Å². The number of aryl methyl sites for hydroxylation is 1. The minimum Gasteiger partial charge on any atom is -0.481 e. The number of hydrogen-bond acceptors (Lipinski definition) is 4. The maximum absolute atomic E-state index is 10.9. The first-order valence-electron chi connectivity index (χ1n) is 6.17. The highest BCUT2D eigenvalue weighted by atomic mass is 16.6. The van der Waals surface area contributed by atoms with Crippen molar-refractivity contribution in [1.29, 1.82) is 0 Å². The predicted octanol–water partition coefficient (Wildman–Crippen LogP) is 2.96. The van der Waals surface area contributed by atoms with E-state index in [1.807, 2.05) is 13.8 Å². The molecule has 0 fully saturated rings. The minimum absolute atomic E-state index is 0.0305. The maximum Gasteiger partial charge on any atom is 0.305 e.